The van der Waals surface area contributed by atoms with E-state index in [0.29, 0.717) is 5.92 Å². The molecule has 4 heteroatoms. The van der Waals surface area contributed by atoms with Gasteiger partial charge in [0.1, 0.15) is 5.82 Å². The van der Waals surface area contributed by atoms with Crippen LogP contribution >= 0.6 is 0 Å². The molecule has 0 aromatic carbocycles. The molecule has 2 heterocycles. The molecule has 2 rings (SSSR count). The van der Waals surface area contributed by atoms with Gasteiger partial charge >= 0.3 is 0 Å². The summed E-state index contributed by atoms with van der Waals surface area (Å²) in [7, 11) is 0. The Morgan fingerprint density at radius 3 is 3.13 bits per heavy atom. The summed E-state index contributed by atoms with van der Waals surface area (Å²) >= 11 is 0. The van der Waals surface area contributed by atoms with Crippen molar-refractivity contribution in [1.29, 1.82) is 0 Å². The number of hydrogen-bond donors (Lipinski definition) is 2. The third kappa shape index (κ3) is 2.15. The maximum atomic E-state index is 4.53. The minimum absolute atomic E-state index is 0.400. The van der Waals surface area contributed by atoms with E-state index in [1.165, 1.54) is 0 Å². The van der Waals surface area contributed by atoms with Gasteiger partial charge in [0.05, 0.1) is 17.2 Å². The third-order valence-corrected chi connectivity index (χ3v) is 2.47. The number of likely N-dealkylation sites (N-methyl/N-ethyl adjacent to an activating group) is 1. The van der Waals surface area contributed by atoms with Crippen LogP contribution in [0.3, 0.4) is 0 Å². The van der Waals surface area contributed by atoms with E-state index in [0.717, 1.165) is 29.9 Å². The zero-order valence-electron chi connectivity index (χ0n) is 9.12. The molecular weight excluding hydrogens is 188 g/mol. The molecule has 2 N–H and O–H groups in total. The molecule has 0 spiro atoms. The normalized spacial score (nSPS) is 13.2. The Bertz CT molecular complexity index is 402. The summed E-state index contributed by atoms with van der Waals surface area (Å²) < 4.78 is 0. The average molecular weight is 204 g/mol. The van der Waals surface area contributed by atoms with Crippen LogP contribution in [0.25, 0.3) is 11.0 Å². The first-order chi connectivity index (χ1) is 7.31. The van der Waals surface area contributed by atoms with Crippen molar-refractivity contribution in [3.63, 3.8) is 0 Å². The summed E-state index contributed by atoms with van der Waals surface area (Å²) in [5, 5.41) is 3.32. The topological polar surface area (TPSA) is 53.6 Å². The predicted molar refractivity (Wildman–Crippen MR) is 60.8 cm³/mol. The van der Waals surface area contributed by atoms with E-state index in [-0.39, 0.29) is 0 Å². The molecule has 0 aliphatic rings. The summed E-state index contributed by atoms with van der Waals surface area (Å²) in [6, 6.07) is 1.93. The largest absolute Gasteiger partial charge is 0.340 e. The fourth-order valence-electron chi connectivity index (χ4n) is 1.57. The molecule has 0 aliphatic heterocycles. The number of rotatable bonds is 4. The van der Waals surface area contributed by atoms with Crippen LogP contribution in [0.15, 0.2) is 18.5 Å². The first-order valence-electron chi connectivity index (χ1n) is 5.31. The summed E-state index contributed by atoms with van der Waals surface area (Å²) in [5.74, 6) is 1.43. The zero-order valence-corrected chi connectivity index (χ0v) is 9.12. The highest BCUT2D eigenvalue weighted by Crippen LogP contribution is 2.15. The standard InChI is InChI=1S/C11H16N4/c1-3-12-6-8(2)11-14-9-4-5-13-7-10(9)15-11/h4-5,7-8,12H,3,6H2,1-2H3,(H,14,15). The quantitative estimate of drug-likeness (QED) is 0.796. The van der Waals surface area contributed by atoms with Gasteiger partial charge in [0.25, 0.3) is 0 Å². The van der Waals surface area contributed by atoms with Crippen LogP contribution in [0.4, 0.5) is 0 Å². The Morgan fingerprint density at radius 1 is 1.53 bits per heavy atom. The number of fused-ring (bicyclic) bond motifs is 1. The van der Waals surface area contributed by atoms with Gasteiger partial charge in [-0.15, -0.1) is 0 Å². The molecular formula is C11H16N4. The molecule has 0 bridgehead atoms. The van der Waals surface area contributed by atoms with E-state index < -0.39 is 0 Å². The van der Waals surface area contributed by atoms with E-state index in [1.807, 2.05) is 12.3 Å². The van der Waals surface area contributed by atoms with Crippen molar-refractivity contribution in [3.05, 3.63) is 24.3 Å². The lowest BCUT2D eigenvalue weighted by Gasteiger charge is -2.07. The highest BCUT2D eigenvalue weighted by atomic mass is 15.0. The van der Waals surface area contributed by atoms with E-state index >= 15 is 0 Å². The number of aromatic amines is 1. The van der Waals surface area contributed by atoms with Gasteiger partial charge in [-0.25, -0.2) is 4.98 Å². The van der Waals surface area contributed by atoms with Crippen molar-refractivity contribution in [2.45, 2.75) is 19.8 Å². The highest BCUT2D eigenvalue weighted by Gasteiger charge is 2.09. The Kier molecular flexibility index (Phi) is 2.97. The van der Waals surface area contributed by atoms with E-state index in [9.17, 15) is 0 Å². The molecule has 2 aromatic rings. The molecule has 1 unspecified atom stereocenters. The van der Waals surface area contributed by atoms with E-state index in [2.05, 4.69) is 34.1 Å². The van der Waals surface area contributed by atoms with Crippen molar-refractivity contribution in [2.24, 2.45) is 0 Å². The van der Waals surface area contributed by atoms with Crippen molar-refractivity contribution < 1.29 is 0 Å². The van der Waals surface area contributed by atoms with Crippen LogP contribution in [0, 0.1) is 0 Å². The molecule has 2 aromatic heterocycles. The molecule has 0 aliphatic carbocycles. The molecule has 15 heavy (non-hydrogen) atoms. The van der Waals surface area contributed by atoms with Crippen LogP contribution in [-0.4, -0.2) is 28.0 Å². The zero-order chi connectivity index (χ0) is 10.7. The number of nitrogens with one attached hydrogen (secondary N) is 2. The molecule has 4 nitrogen and oxygen atoms in total. The van der Waals surface area contributed by atoms with E-state index in [4.69, 9.17) is 0 Å². The van der Waals surface area contributed by atoms with E-state index in [1.54, 1.807) is 6.20 Å². The molecule has 1 atom stereocenters. The number of H-pyrrole nitrogens is 1. The van der Waals surface area contributed by atoms with Gasteiger partial charge in [0.15, 0.2) is 0 Å². The maximum absolute atomic E-state index is 4.53. The lowest BCUT2D eigenvalue weighted by Crippen LogP contribution is -2.19. The third-order valence-electron chi connectivity index (χ3n) is 2.47. The lowest BCUT2D eigenvalue weighted by atomic mass is 10.2. The highest BCUT2D eigenvalue weighted by molar-refractivity contribution is 5.73. The van der Waals surface area contributed by atoms with Crippen LogP contribution < -0.4 is 5.32 Å². The minimum Gasteiger partial charge on any atom is -0.340 e. The van der Waals surface area contributed by atoms with Crippen molar-refractivity contribution in [3.8, 4) is 0 Å². The molecule has 0 radical (unpaired) electrons. The number of aromatic nitrogens is 3. The number of hydrogen-bond acceptors (Lipinski definition) is 3. The first-order valence-corrected chi connectivity index (χ1v) is 5.31. The molecule has 80 valence electrons. The molecule has 0 saturated heterocycles. The first kappa shape index (κ1) is 10.1. The fraction of sp³-hybridized carbons (Fsp3) is 0.455. The molecule has 0 amide bonds. The second-order valence-corrected chi connectivity index (χ2v) is 3.72. The second kappa shape index (κ2) is 4.40. The van der Waals surface area contributed by atoms with Gasteiger partial charge in [0, 0.05) is 18.7 Å². The SMILES string of the molecule is CCNCC(C)c1nc2ccncc2[nH]1. The summed E-state index contributed by atoms with van der Waals surface area (Å²) in [6.07, 6.45) is 3.58. The fourth-order valence-corrected chi connectivity index (χ4v) is 1.57. The summed E-state index contributed by atoms with van der Waals surface area (Å²) in [4.78, 5) is 11.9. The van der Waals surface area contributed by atoms with Gasteiger partial charge in [-0.3, -0.25) is 4.98 Å². The summed E-state index contributed by atoms with van der Waals surface area (Å²) in [6.45, 7) is 6.21. The van der Waals surface area contributed by atoms with Crippen molar-refractivity contribution in [1.82, 2.24) is 20.3 Å². The van der Waals surface area contributed by atoms with Gasteiger partial charge in [-0.2, -0.15) is 0 Å². The van der Waals surface area contributed by atoms with Crippen LogP contribution in [0.2, 0.25) is 0 Å². The van der Waals surface area contributed by atoms with Crippen molar-refractivity contribution in [2.75, 3.05) is 13.1 Å². The average Bonchev–Trinajstić information content (AvgIpc) is 2.69. The summed E-state index contributed by atoms with van der Waals surface area (Å²) in [5.41, 5.74) is 2.00. The van der Waals surface area contributed by atoms with Gasteiger partial charge in [0.2, 0.25) is 0 Å². The Hall–Kier alpha value is -1.42. The van der Waals surface area contributed by atoms with Gasteiger partial charge < -0.3 is 10.3 Å². The second-order valence-electron chi connectivity index (χ2n) is 3.72. The predicted octanol–water partition coefficient (Wildman–Crippen LogP) is 1.67. The minimum atomic E-state index is 0.400. The lowest BCUT2D eigenvalue weighted by molar-refractivity contribution is 0.614. The number of imidazole rings is 1. The Balaban J connectivity index is 2.20. The molecule has 0 fully saturated rings. The number of nitrogens with zero attached hydrogens (tertiary/aromatic N) is 2. The number of pyridine rings is 1. The van der Waals surface area contributed by atoms with Crippen LogP contribution in [-0.2, 0) is 0 Å². The van der Waals surface area contributed by atoms with Crippen molar-refractivity contribution >= 4 is 11.0 Å². The molecule has 0 saturated carbocycles. The van der Waals surface area contributed by atoms with Gasteiger partial charge in [-0.1, -0.05) is 13.8 Å². The van der Waals surface area contributed by atoms with Gasteiger partial charge in [-0.05, 0) is 12.6 Å². The Morgan fingerprint density at radius 2 is 2.40 bits per heavy atom. The van der Waals surface area contributed by atoms with Crippen LogP contribution in [0.1, 0.15) is 25.6 Å². The smallest absolute Gasteiger partial charge is 0.111 e. The van der Waals surface area contributed by atoms with Crippen LogP contribution in [0.5, 0.6) is 0 Å². The Labute approximate surface area is 89.1 Å². The maximum Gasteiger partial charge on any atom is 0.111 e. The monoisotopic (exact) mass is 204 g/mol.